The molecule has 3 aromatic heterocycles. The van der Waals surface area contributed by atoms with Gasteiger partial charge in [-0.15, -0.1) is 11.3 Å². The second-order valence-corrected chi connectivity index (χ2v) is 8.84. The average molecular weight is 476 g/mol. The van der Waals surface area contributed by atoms with Crippen LogP contribution < -0.4 is 20.3 Å². The van der Waals surface area contributed by atoms with Crippen molar-refractivity contribution in [1.29, 1.82) is 0 Å². The van der Waals surface area contributed by atoms with Gasteiger partial charge in [0.15, 0.2) is 11.5 Å². The monoisotopic (exact) mass is 475 g/mol. The second kappa shape index (κ2) is 8.99. The molecule has 0 saturated heterocycles. The number of ether oxygens (including phenoxy) is 2. The molecule has 0 atom stereocenters. The van der Waals surface area contributed by atoms with E-state index in [0.29, 0.717) is 28.7 Å². The third-order valence-corrected chi connectivity index (χ3v) is 5.99. The third kappa shape index (κ3) is 4.48. The van der Waals surface area contributed by atoms with E-state index >= 15 is 0 Å². The number of aromatic nitrogens is 4. The van der Waals surface area contributed by atoms with Gasteiger partial charge in [-0.3, -0.25) is 14.6 Å². The summed E-state index contributed by atoms with van der Waals surface area (Å²) in [6.45, 7) is 4.10. The number of H-pyrrole nitrogens is 1. The molecule has 172 valence electrons. The van der Waals surface area contributed by atoms with E-state index in [1.165, 1.54) is 28.2 Å². The van der Waals surface area contributed by atoms with Crippen molar-refractivity contribution in [3.63, 3.8) is 0 Å². The number of hydrogen-bond acceptors (Lipinski definition) is 7. The molecule has 0 aliphatic carbocycles. The van der Waals surface area contributed by atoms with Crippen molar-refractivity contribution in [1.82, 2.24) is 19.7 Å². The lowest BCUT2D eigenvalue weighted by atomic mass is 10.1. The van der Waals surface area contributed by atoms with Gasteiger partial charge < -0.3 is 14.8 Å². The number of nitrogens with zero attached hydrogens (tertiary/aromatic N) is 3. The number of thiophene rings is 1. The number of fused-ring (bicyclic) bond motifs is 1. The Hall–Kier alpha value is -4.18. The third-order valence-electron chi connectivity index (χ3n) is 5.10. The van der Waals surface area contributed by atoms with Gasteiger partial charge in [0.2, 0.25) is 18.6 Å². The molecule has 0 fully saturated rings. The summed E-state index contributed by atoms with van der Waals surface area (Å²) in [5, 5.41) is 9.39. The van der Waals surface area contributed by atoms with Gasteiger partial charge in [-0.25, -0.2) is 4.98 Å². The Morgan fingerprint density at radius 3 is 2.85 bits per heavy atom. The molecule has 0 unspecified atom stereocenters. The van der Waals surface area contributed by atoms with E-state index in [-0.39, 0.29) is 30.1 Å². The molecule has 0 spiro atoms. The van der Waals surface area contributed by atoms with E-state index < -0.39 is 0 Å². The first-order valence-corrected chi connectivity index (χ1v) is 11.5. The highest BCUT2D eigenvalue weighted by atomic mass is 32.1. The van der Waals surface area contributed by atoms with Crippen LogP contribution in [0.1, 0.15) is 31.0 Å². The SMILES string of the molecule is CC(C)c1cc(=O)[nH]c(-n2nc(-c3cccs3)cc2NC(=O)/C=C\c2ccc3c(c2)OCO3)n1. The van der Waals surface area contributed by atoms with Crippen LogP contribution in [0.2, 0.25) is 0 Å². The lowest BCUT2D eigenvalue weighted by Gasteiger charge is -2.09. The number of benzene rings is 1. The molecule has 0 bridgehead atoms. The molecule has 9 nitrogen and oxygen atoms in total. The van der Waals surface area contributed by atoms with Crippen molar-refractivity contribution < 1.29 is 14.3 Å². The average Bonchev–Trinajstić information content (AvgIpc) is 3.57. The van der Waals surface area contributed by atoms with Crippen molar-refractivity contribution in [3.8, 4) is 28.0 Å². The van der Waals surface area contributed by atoms with E-state index in [1.807, 2.05) is 37.4 Å². The Kier molecular flexibility index (Phi) is 5.72. The predicted molar refractivity (Wildman–Crippen MR) is 130 cm³/mol. The molecular weight excluding hydrogens is 454 g/mol. The van der Waals surface area contributed by atoms with Gasteiger partial charge in [0.25, 0.3) is 5.56 Å². The van der Waals surface area contributed by atoms with Gasteiger partial charge in [0.05, 0.1) is 10.6 Å². The van der Waals surface area contributed by atoms with E-state index in [4.69, 9.17) is 9.47 Å². The van der Waals surface area contributed by atoms with Crippen LogP contribution in [0.15, 0.2) is 58.7 Å². The van der Waals surface area contributed by atoms with Crippen LogP contribution in [0.4, 0.5) is 5.82 Å². The summed E-state index contributed by atoms with van der Waals surface area (Å²) in [6, 6.07) is 12.5. The number of hydrogen-bond donors (Lipinski definition) is 2. The minimum atomic E-state index is -0.362. The molecule has 4 aromatic rings. The highest BCUT2D eigenvalue weighted by molar-refractivity contribution is 7.13. The van der Waals surface area contributed by atoms with Crippen LogP contribution >= 0.6 is 11.3 Å². The number of aromatic amines is 1. The number of anilines is 1. The lowest BCUT2D eigenvalue weighted by Crippen LogP contribution is -2.18. The van der Waals surface area contributed by atoms with Crippen LogP contribution in [-0.2, 0) is 4.79 Å². The molecule has 0 saturated carbocycles. The maximum atomic E-state index is 12.8. The van der Waals surface area contributed by atoms with Crippen LogP contribution in [0.3, 0.4) is 0 Å². The minimum Gasteiger partial charge on any atom is -0.454 e. The molecule has 1 amide bonds. The molecule has 2 N–H and O–H groups in total. The van der Waals surface area contributed by atoms with Gasteiger partial charge >= 0.3 is 0 Å². The number of nitrogens with one attached hydrogen (secondary N) is 2. The maximum absolute atomic E-state index is 12.8. The Bertz CT molecular complexity index is 1440. The number of carbonyl (C=O) groups excluding carboxylic acids is 1. The van der Waals surface area contributed by atoms with Gasteiger partial charge in [0.1, 0.15) is 11.5 Å². The van der Waals surface area contributed by atoms with Crippen molar-refractivity contribution in [2.24, 2.45) is 0 Å². The summed E-state index contributed by atoms with van der Waals surface area (Å²) in [6.07, 6.45) is 3.10. The molecule has 1 aliphatic heterocycles. The smallest absolute Gasteiger partial charge is 0.252 e. The second-order valence-electron chi connectivity index (χ2n) is 7.89. The zero-order valence-electron chi connectivity index (χ0n) is 18.4. The first kappa shape index (κ1) is 21.7. The molecule has 5 rings (SSSR count). The largest absolute Gasteiger partial charge is 0.454 e. The molecule has 10 heteroatoms. The Labute approximate surface area is 198 Å². The normalized spacial score (nSPS) is 12.6. The van der Waals surface area contributed by atoms with Gasteiger partial charge in [0, 0.05) is 18.2 Å². The van der Waals surface area contributed by atoms with E-state index in [9.17, 15) is 9.59 Å². The fourth-order valence-corrected chi connectivity index (χ4v) is 4.07. The van der Waals surface area contributed by atoms with Crippen LogP contribution in [0, 0.1) is 0 Å². The summed E-state index contributed by atoms with van der Waals surface area (Å²) in [5.41, 5.74) is 1.79. The summed E-state index contributed by atoms with van der Waals surface area (Å²) in [7, 11) is 0. The Morgan fingerprint density at radius 2 is 2.06 bits per heavy atom. The molecule has 1 aliphatic rings. The van der Waals surface area contributed by atoms with Crippen molar-refractivity contribution in [3.05, 3.63) is 75.5 Å². The topological polar surface area (TPSA) is 111 Å². The number of rotatable bonds is 6. The Balaban J connectivity index is 1.46. The fourth-order valence-electron chi connectivity index (χ4n) is 3.39. The fraction of sp³-hybridized carbons (Fsp3) is 0.167. The predicted octanol–water partition coefficient (Wildman–Crippen LogP) is 4.19. The summed E-state index contributed by atoms with van der Waals surface area (Å²) >= 11 is 1.52. The summed E-state index contributed by atoms with van der Waals surface area (Å²) in [4.78, 5) is 33.2. The minimum absolute atomic E-state index is 0.0519. The molecule has 1 aromatic carbocycles. The molecule has 34 heavy (non-hydrogen) atoms. The van der Waals surface area contributed by atoms with E-state index in [1.54, 1.807) is 24.3 Å². The Morgan fingerprint density at radius 1 is 1.21 bits per heavy atom. The zero-order valence-corrected chi connectivity index (χ0v) is 19.3. The highest BCUT2D eigenvalue weighted by Crippen LogP contribution is 2.33. The van der Waals surface area contributed by atoms with Crippen molar-refractivity contribution >= 4 is 29.1 Å². The van der Waals surface area contributed by atoms with Crippen LogP contribution in [0.25, 0.3) is 22.6 Å². The molecule has 0 radical (unpaired) electrons. The van der Waals surface area contributed by atoms with Gasteiger partial charge in [-0.1, -0.05) is 26.0 Å². The standard InChI is InChI=1S/C24H21N5O4S/c1-14(2)16-12-23(31)27-24(25-16)29-21(11-17(28-29)20-4-3-9-34-20)26-22(30)8-6-15-5-7-18-19(10-15)33-13-32-18/h3-12,14H,13H2,1-2H3,(H,26,30)(H,25,27,31)/b8-6-. The van der Waals surface area contributed by atoms with E-state index in [0.717, 1.165) is 10.4 Å². The first-order chi connectivity index (χ1) is 16.5. The van der Waals surface area contributed by atoms with Gasteiger partial charge in [-0.05, 0) is 41.1 Å². The maximum Gasteiger partial charge on any atom is 0.252 e. The lowest BCUT2D eigenvalue weighted by molar-refractivity contribution is -0.111. The highest BCUT2D eigenvalue weighted by Gasteiger charge is 2.17. The summed E-state index contributed by atoms with van der Waals surface area (Å²) < 4.78 is 12.1. The van der Waals surface area contributed by atoms with Gasteiger partial charge in [-0.2, -0.15) is 9.78 Å². The first-order valence-electron chi connectivity index (χ1n) is 10.6. The quantitative estimate of drug-likeness (QED) is 0.405. The van der Waals surface area contributed by atoms with Crippen molar-refractivity contribution in [2.45, 2.75) is 19.8 Å². The molecular formula is C24H21N5O4S. The van der Waals surface area contributed by atoms with E-state index in [2.05, 4.69) is 20.4 Å². The van der Waals surface area contributed by atoms with Crippen LogP contribution in [-0.4, -0.2) is 32.4 Å². The number of carbonyl (C=O) groups is 1. The number of amides is 1. The van der Waals surface area contributed by atoms with Crippen LogP contribution in [0.5, 0.6) is 11.5 Å². The summed E-state index contributed by atoms with van der Waals surface area (Å²) in [5.74, 6) is 1.62. The zero-order chi connectivity index (χ0) is 23.7. The molecule has 4 heterocycles. The van der Waals surface area contributed by atoms with Crippen molar-refractivity contribution in [2.75, 3.05) is 12.1 Å².